The summed E-state index contributed by atoms with van der Waals surface area (Å²) in [6.45, 7) is 10.8. The topological polar surface area (TPSA) is 177 Å². The van der Waals surface area contributed by atoms with Crippen molar-refractivity contribution in [1.82, 2.24) is 16.0 Å². The van der Waals surface area contributed by atoms with Crippen molar-refractivity contribution in [3.05, 3.63) is 70.9 Å². The van der Waals surface area contributed by atoms with Gasteiger partial charge in [0, 0.05) is 37.4 Å². The molecule has 2 aliphatic rings. The first kappa shape index (κ1) is 39.8. The summed E-state index contributed by atoms with van der Waals surface area (Å²) in [6.07, 6.45) is 0.431. The molecule has 0 unspecified atom stereocenters. The number of benzene rings is 2. The van der Waals surface area contributed by atoms with Gasteiger partial charge in [0.1, 0.15) is 24.3 Å². The number of carbonyl (C=O) groups excluding carboxylic acids is 5. The minimum Gasteiger partial charge on any atom is -0.480 e. The third-order valence-corrected chi connectivity index (χ3v) is 9.12. The fraction of sp³-hybridized carbons (Fsp3) is 0.500. The molecule has 4 N–H and O–H groups in total. The number of ether oxygens (including phenoxy) is 2. The average molecular weight is 718 g/mol. The number of fused-ring (bicyclic) bond motifs is 3. The van der Waals surface area contributed by atoms with Crippen LogP contribution in [0.3, 0.4) is 0 Å². The number of carboxylic acid groups (broad SMARTS) is 1. The van der Waals surface area contributed by atoms with Crippen LogP contribution in [0.1, 0.15) is 104 Å². The maximum absolute atomic E-state index is 13.5. The lowest BCUT2D eigenvalue weighted by atomic mass is 9.73. The van der Waals surface area contributed by atoms with Gasteiger partial charge >= 0.3 is 18.0 Å². The highest BCUT2D eigenvalue weighted by molar-refractivity contribution is 6.22. The Morgan fingerprint density at radius 3 is 2.00 bits per heavy atom. The van der Waals surface area contributed by atoms with E-state index in [4.69, 9.17) is 9.47 Å². The van der Waals surface area contributed by atoms with Gasteiger partial charge in [-0.3, -0.25) is 19.2 Å². The molecule has 4 rings (SSSR count). The number of hydrogen-bond acceptors (Lipinski definition) is 9. The first-order chi connectivity index (χ1) is 24.5. The van der Waals surface area contributed by atoms with Gasteiger partial charge in [-0.1, -0.05) is 62.4 Å². The minimum absolute atomic E-state index is 0.00811. The van der Waals surface area contributed by atoms with E-state index in [1.165, 1.54) is 0 Å². The Balaban J connectivity index is 1.35. The number of carboxylic acids is 1. The van der Waals surface area contributed by atoms with Crippen LogP contribution in [0.25, 0.3) is 11.1 Å². The first-order valence-electron chi connectivity index (χ1n) is 17.8. The molecule has 12 heteroatoms. The highest BCUT2D eigenvalue weighted by Gasteiger charge is 2.37. The van der Waals surface area contributed by atoms with Crippen molar-refractivity contribution in [2.24, 2.45) is 5.41 Å². The van der Waals surface area contributed by atoms with Gasteiger partial charge in [-0.15, -0.1) is 0 Å². The average Bonchev–Trinajstić information content (AvgIpc) is 3.36. The van der Waals surface area contributed by atoms with E-state index in [1.807, 2.05) is 50.2 Å². The molecule has 2 aromatic carbocycles. The third kappa shape index (κ3) is 10.8. The van der Waals surface area contributed by atoms with Crippen molar-refractivity contribution in [2.45, 2.75) is 110 Å². The molecule has 0 spiro atoms. The summed E-state index contributed by atoms with van der Waals surface area (Å²) in [6, 6.07) is 13.7. The molecule has 0 radical (unpaired) electrons. The lowest BCUT2D eigenvalue weighted by molar-refractivity contribution is -0.155. The van der Waals surface area contributed by atoms with E-state index in [2.05, 4.69) is 28.1 Å². The van der Waals surface area contributed by atoms with Crippen molar-refractivity contribution in [2.75, 3.05) is 13.2 Å². The molecule has 280 valence electrons. The maximum atomic E-state index is 13.5. The molecule has 2 aromatic rings. The van der Waals surface area contributed by atoms with E-state index in [0.717, 1.165) is 22.3 Å². The predicted octanol–water partition coefficient (Wildman–Crippen LogP) is 5.58. The highest BCUT2D eigenvalue weighted by Crippen LogP contribution is 2.44. The second-order valence-corrected chi connectivity index (χ2v) is 15.3. The third-order valence-electron chi connectivity index (χ3n) is 9.12. The van der Waals surface area contributed by atoms with Crippen LogP contribution in [0.4, 0.5) is 4.79 Å². The van der Waals surface area contributed by atoms with Crippen molar-refractivity contribution >= 4 is 35.5 Å². The number of alkyl carbamates (subject to hydrolysis) is 1. The number of carbonyl (C=O) groups is 6. The van der Waals surface area contributed by atoms with Crippen molar-refractivity contribution in [1.29, 1.82) is 0 Å². The summed E-state index contributed by atoms with van der Waals surface area (Å²) in [4.78, 5) is 76.4. The largest absolute Gasteiger partial charge is 0.480 e. The van der Waals surface area contributed by atoms with E-state index in [1.54, 1.807) is 27.7 Å². The zero-order valence-electron chi connectivity index (χ0n) is 30.9. The molecule has 12 nitrogen and oxygen atoms in total. The van der Waals surface area contributed by atoms with Gasteiger partial charge in [-0.25, -0.2) is 9.59 Å². The molecule has 1 saturated carbocycles. The van der Waals surface area contributed by atoms with E-state index in [9.17, 15) is 33.9 Å². The number of rotatable bonds is 15. The highest BCUT2D eigenvalue weighted by atomic mass is 16.6. The maximum Gasteiger partial charge on any atom is 0.407 e. The zero-order valence-corrected chi connectivity index (χ0v) is 30.9. The van der Waals surface area contributed by atoms with E-state index >= 15 is 0 Å². The fourth-order valence-corrected chi connectivity index (χ4v) is 6.78. The Kier molecular flexibility index (Phi) is 13.0. The van der Waals surface area contributed by atoms with E-state index < -0.39 is 47.0 Å². The molecule has 2 aliphatic carbocycles. The minimum atomic E-state index is -1.38. The quantitative estimate of drug-likeness (QED) is 0.0788. The molecule has 52 heavy (non-hydrogen) atoms. The smallest absolute Gasteiger partial charge is 0.407 e. The van der Waals surface area contributed by atoms with Crippen LogP contribution in [0, 0.1) is 5.41 Å². The van der Waals surface area contributed by atoms with Crippen LogP contribution < -0.4 is 16.0 Å². The molecule has 0 aliphatic heterocycles. The predicted molar refractivity (Wildman–Crippen MR) is 194 cm³/mol. The van der Waals surface area contributed by atoms with E-state index in [0.29, 0.717) is 12.8 Å². The summed E-state index contributed by atoms with van der Waals surface area (Å²) in [5, 5.41) is 18.1. The summed E-state index contributed by atoms with van der Waals surface area (Å²) in [7, 11) is 0. The molecular formula is C40H51N3O9. The van der Waals surface area contributed by atoms with Gasteiger partial charge in [0.05, 0.1) is 5.57 Å². The number of esters is 1. The summed E-state index contributed by atoms with van der Waals surface area (Å²) in [5.74, 6) is -3.30. The van der Waals surface area contributed by atoms with Crippen LogP contribution in [0.5, 0.6) is 0 Å². The normalized spacial score (nSPS) is 16.2. The SMILES string of the molecule is CC(N[C@@H](CCCCNC(=O)OCC1c2ccccc2-c2ccccc21)C(=O)N[C@@H](CCC(=O)OC(C)(C)C)C(=O)O)=C1C(=O)CC(C)(C)CC1=O. The molecule has 0 saturated heterocycles. The first-order valence-corrected chi connectivity index (χ1v) is 17.8. The van der Waals surface area contributed by atoms with Gasteiger partial charge in [-0.2, -0.15) is 0 Å². The zero-order chi connectivity index (χ0) is 38.2. The van der Waals surface area contributed by atoms with E-state index in [-0.39, 0.29) is 74.0 Å². The van der Waals surface area contributed by atoms with Crippen LogP contribution in [0.2, 0.25) is 0 Å². The van der Waals surface area contributed by atoms with Crippen LogP contribution >= 0.6 is 0 Å². The van der Waals surface area contributed by atoms with Crippen molar-refractivity contribution < 1.29 is 43.3 Å². The fourth-order valence-electron chi connectivity index (χ4n) is 6.78. The van der Waals surface area contributed by atoms with Gasteiger partial charge in [-0.05, 0) is 81.0 Å². The number of amides is 2. The Morgan fingerprint density at radius 2 is 1.44 bits per heavy atom. The summed E-state index contributed by atoms with van der Waals surface area (Å²) in [5.41, 5.74) is 3.49. The number of Topliss-reactive ketones (excluding diaryl/α,β-unsaturated/α-hetero) is 2. The molecule has 1 fully saturated rings. The lowest BCUT2D eigenvalue weighted by Crippen LogP contribution is -2.50. The summed E-state index contributed by atoms with van der Waals surface area (Å²) >= 11 is 0. The molecule has 2 amide bonds. The summed E-state index contributed by atoms with van der Waals surface area (Å²) < 4.78 is 10.9. The molecular weight excluding hydrogens is 666 g/mol. The van der Waals surface area contributed by atoms with Crippen LogP contribution in [-0.2, 0) is 33.4 Å². The van der Waals surface area contributed by atoms with Crippen LogP contribution in [0.15, 0.2) is 59.8 Å². The van der Waals surface area contributed by atoms with Gasteiger partial charge in [0.2, 0.25) is 5.91 Å². The van der Waals surface area contributed by atoms with Gasteiger partial charge < -0.3 is 30.5 Å². The molecule has 2 atom stereocenters. The number of allylic oxidation sites excluding steroid dienone is 2. The lowest BCUT2D eigenvalue weighted by Gasteiger charge is -2.30. The monoisotopic (exact) mass is 717 g/mol. The number of unbranched alkanes of at least 4 members (excludes halogenated alkanes) is 1. The number of nitrogens with one attached hydrogen (secondary N) is 3. The Morgan fingerprint density at radius 1 is 0.865 bits per heavy atom. The Bertz CT molecular complexity index is 1650. The second-order valence-electron chi connectivity index (χ2n) is 15.3. The number of aliphatic carboxylic acids is 1. The standard InChI is InChI=1S/C40H51N3O9/c1-24(35-32(44)21-40(5,6)22-33(35)45)42-30(36(47)43-31(37(48)49)18-19-34(46)52-39(2,3)4)17-11-12-20-41-38(50)51-23-29-27-15-9-7-13-25(27)26-14-8-10-16-28(26)29/h7-10,13-16,29-31,42H,11-12,17-23H2,1-6H3,(H,41,50)(H,43,47)(H,48,49)/t30-,31-/m0/s1. The number of ketones is 2. The molecule has 0 aromatic heterocycles. The van der Waals surface area contributed by atoms with Gasteiger partial charge in [0.25, 0.3) is 0 Å². The molecule has 0 heterocycles. The second kappa shape index (κ2) is 17.0. The van der Waals surface area contributed by atoms with Crippen molar-refractivity contribution in [3.8, 4) is 11.1 Å². The van der Waals surface area contributed by atoms with Crippen molar-refractivity contribution in [3.63, 3.8) is 0 Å². The van der Waals surface area contributed by atoms with Gasteiger partial charge in [0.15, 0.2) is 11.6 Å². The molecule has 0 bridgehead atoms. The van der Waals surface area contributed by atoms with Crippen LogP contribution in [-0.4, -0.2) is 71.4 Å². The Labute approximate surface area is 305 Å². The Hall–Kier alpha value is -5.00. The number of hydrogen-bond donors (Lipinski definition) is 4.